The van der Waals surface area contributed by atoms with E-state index in [2.05, 4.69) is 10.3 Å². The van der Waals surface area contributed by atoms with Crippen LogP contribution in [0.5, 0.6) is 0 Å². The third kappa shape index (κ3) is 4.26. The van der Waals surface area contributed by atoms with Gasteiger partial charge in [0.15, 0.2) is 0 Å². The lowest BCUT2D eigenvalue weighted by molar-refractivity contribution is -0.138. The monoisotopic (exact) mass is 245 g/mol. The summed E-state index contributed by atoms with van der Waals surface area (Å²) in [7, 11) is 0. The molecule has 5 nitrogen and oxygen atoms in total. The number of ether oxygens (including phenoxy) is 1. The SMILES string of the molecule is CCOC(=O)/C(C)=C/CNc1cc(C#N)ccn1. The van der Waals surface area contributed by atoms with Gasteiger partial charge in [0, 0.05) is 18.3 Å². The summed E-state index contributed by atoms with van der Waals surface area (Å²) in [5, 5.41) is 11.7. The van der Waals surface area contributed by atoms with E-state index in [1.54, 1.807) is 38.3 Å². The molecule has 0 aliphatic rings. The summed E-state index contributed by atoms with van der Waals surface area (Å²) < 4.78 is 4.85. The highest BCUT2D eigenvalue weighted by molar-refractivity contribution is 5.87. The Balaban J connectivity index is 2.53. The van der Waals surface area contributed by atoms with Gasteiger partial charge in [-0.2, -0.15) is 5.26 Å². The van der Waals surface area contributed by atoms with E-state index < -0.39 is 0 Å². The normalized spacial score (nSPS) is 10.6. The number of hydrogen-bond donors (Lipinski definition) is 1. The quantitative estimate of drug-likeness (QED) is 0.633. The number of hydrogen-bond acceptors (Lipinski definition) is 5. The molecule has 0 amide bonds. The molecule has 0 atom stereocenters. The largest absolute Gasteiger partial charge is 0.463 e. The van der Waals surface area contributed by atoms with E-state index in [4.69, 9.17) is 10.00 Å². The summed E-state index contributed by atoms with van der Waals surface area (Å²) in [5.41, 5.74) is 1.08. The van der Waals surface area contributed by atoms with Crippen molar-refractivity contribution < 1.29 is 9.53 Å². The van der Waals surface area contributed by atoms with E-state index in [9.17, 15) is 4.79 Å². The molecule has 5 heteroatoms. The van der Waals surface area contributed by atoms with E-state index in [-0.39, 0.29) is 5.97 Å². The Morgan fingerprint density at radius 2 is 2.44 bits per heavy atom. The molecule has 1 rings (SSSR count). The van der Waals surface area contributed by atoms with Gasteiger partial charge in [-0.15, -0.1) is 0 Å². The smallest absolute Gasteiger partial charge is 0.333 e. The number of carbonyl (C=O) groups is 1. The van der Waals surface area contributed by atoms with Gasteiger partial charge in [-0.25, -0.2) is 9.78 Å². The average molecular weight is 245 g/mol. The van der Waals surface area contributed by atoms with Crippen LogP contribution in [0.25, 0.3) is 0 Å². The average Bonchev–Trinajstić information content (AvgIpc) is 2.39. The second kappa shape index (κ2) is 7.07. The number of carbonyl (C=O) groups excluding carboxylic acids is 1. The number of nitriles is 1. The number of nitrogens with zero attached hydrogens (tertiary/aromatic N) is 2. The molecule has 1 N–H and O–H groups in total. The lowest BCUT2D eigenvalue weighted by atomic mass is 10.2. The Morgan fingerprint density at radius 3 is 3.11 bits per heavy atom. The number of nitrogens with one attached hydrogen (secondary N) is 1. The first-order chi connectivity index (χ1) is 8.67. The van der Waals surface area contributed by atoms with Gasteiger partial charge >= 0.3 is 5.97 Å². The number of pyridine rings is 1. The van der Waals surface area contributed by atoms with Gasteiger partial charge in [-0.3, -0.25) is 0 Å². The van der Waals surface area contributed by atoms with Crippen LogP contribution in [0.4, 0.5) is 5.82 Å². The van der Waals surface area contributed by atoms with Gasteiger partial charge < -0.3 is 10.1 Å². The van der Waals surface area contributed by atoms with Crippen LogP contribution < -0.4 is 5.32 Å². The zero-order valence-electron chi connectivity index (χ0n) is 10.4. The molecule has 1 aromatic rings. The third-order valence-corrected chi connectivity index (χ3v) is 2.18. The molecule has 0 radical (unpaired) electrons. The first-order valence-electron chi connectivity index (χ1n) is 5.61. The fourth-order valence-corrected chi connectivity index (χ4v) is 1.23. The molecule has 0 fully saturated rings. The van der Waals surface area contributed by atoms with Gasteiger partial charge in [-0.1, -0.05) is 6.08 Å². The lowest BCUT2D eigenvalue weighted by Crippen LogP contribution is -2.08. The molecular formula is C13H15N3O2. The van der Waals surface area contributed by atoms with Crippen LogP contribution in [0.1, 0.15) is 19.4 Å². The van der Waals surface area contributed by atoms with Crippen molar-refractivity contribution in [3.8, 4) is 6.07 Å². The molecular weight excluding hydrogens is 230 g/mol. The number of anilines is 1. The predicted octanol–water partition coefficient (Wildman–Crippen LogP) is 1.87. The molecule has 1 aromatic heterocycles. The minimum atomic E-state index is -0.321. The molecule has 0 bridgehead atoms. The highest BCUT2D eigenvalue weighted by Crippen LogP contribution is 2.05. The summed E-state index contributed by atoms with van der Waals surface area (Å²) in [5.74, 6) is 0.278. The first kappa shape index (κ1) is 13.7. The highest BCUT2D eigenvalue weighted by Gasteiger charge is 2.03. The fourth-order valence-electron chi connectivity index (χ4n) is 1.23. The van der Waals surface area contributed by atoms with Crippen molar-refractivity contribution in [1.29, 1.82) is 5.26 Å². The summed E-state index contributed by atoms with van der Waals surface area (Å²) in [6, 6.07) is 5.31. The van der Waals surface area contributed by atoms with Crippen LogP contribution in [-0.2, 0) is 9.53 Å². The zero-order chi connectivity index (χ0) is 13.4. The zero-order valence-corrected chi connectivity index (χ0v) is 10.4. The van der Waals surface area contributed by atoms with Crippen molar-refractivity contribution in [2.45, 2.75) is 13.8 Å². The second-order valence-corrected chi connectivity index (χ2v) is 3.53. The van der Waals surface area contributed by atoms with Crippen LogP contribution >= 0.6 is 0 Å². The molecule has 1 heterocycles. The molecule has 0 unspecified atom stereocenters. The van der Waals surface area contributed by atoms with Gasteiger partial charge in [-0.05, 0) is 26.0 Å². The van der Waals surface area contributed by atoms with Crippen LogP contribution in [0.3, 0.4) is 0 Å². The van der Waals surface area contributed by atoms with Gasteiger partial charge in [0.1, 0.15) is 5.82 Å². The molecule has 0 aliphatic carbocycles. The number of aromatic nitrogens is 1. The molecule has 0 saturated carbocycles. The van der Waals surface area contributed by atoms with E-state index >= 15 is 0 Å². The Morgan fingerprint density at radius 1 is 1.67 bits per heavy atom. The summed E-state index contributed by atoms with van der Waals surface area (Å²) in [6.07, 6.45) is 3.28. The standard InChI is InChI=1S/C13H15N3O2/c1-3-18-13(17)10(2)4-6-15-12-8-11(9-14)5-7-16-12/h4-5,7-8H,3,6H2,1-2H3,(H,15,16)/b10-4+. The Bertz CT molecular complexity index is 489. The van der Waals surface area contributed by atoms with Gasteiger partial charge in [0.05, 0.1) is 18.2 Å². The van der Waals surface area contributed by atoms with Crippen LogP contribution in [0.2, 0.25) is 0 Å². The van der Waals surface area contributed by atoms with E-state index in [1.807, 2.05) is 6.07 Å². The lowest BCUT2D eigenvalue weighted by Gasteiger charge is -2.04. The maximum absolute atomic E-state index is 11.3. The van der Waals surface area contributed by atoms with Crippen molar-refractivity contribution in [2.24, 2.45) is 0 Å². The van der Waals surface area contributed by atoms with Crippen molar-refractivity contribution in [2.75, 3.05) is 18.5 Å². The summed E-state index contributed by atoms with van der Waals surface area (Å²) in [4.78, 5) is 15.4. The number of esters is 1. The van der Waals surface area contributed by atoms with Crippen molar-refractivity contribution >= 4 is 11.8 Å². The van der Waals surface area contributed by atoms with Gasteiger partial charge in [0.2, 0.25) is 0 Å². The topological polar surface area (TPSA) is 75.0 Å². The van der Waals surface area contributed by atoms with Crippen LogP contribution in [0.15, 0.2) is 30.0 Å². The first-order valence-corrected chi connectivity index (χ1v) is 5.61. The maximum Gasteiger partial charge on any atom is 0.333 e. The fraction of sp³-hybridized carbons (Fsp3) is 0.308. The predicted molar refractivity (Wildman–Crippen MR) is 67.8 cm³/mol. The van der Waals surface area contributed by atoms with Crippen molar-refractivity contribution in [3.05, 3.63) is 35.5 Å². The number of rotatable bonds is 5. The Labute approximate surface area is 106 Å². The second-order valence-electron chi connectivity index (χ2n) is 3.53. The van der Waals surface area contributed by atoms with E-state index in [0.717, 1.165) is 0 Å². The maximum atomic E-state index is 11.3. The third-order valence-electron chi connectivity index (χ3n) is 2.18. The van der Waals surface area contributed by atoms with Crippen LogP contribution in [-0.4, -0.2) is 24.1 Å². The van der Waals surface area contributed by atoms with Crippen molar-refractivity contribution in [1.82, 2.24) is 4.98 Å². The molecule has 0 aliphatic heterocycles. The van der Waals surface area contributed by atoms with E-state index in [1.165, 1.54) is 0 Å². The Kier molecular flexibility index (Phi) is 5.39. The van der Waals surface area contributed by atoms with Crippen molar-refractivity contribution in [3.63, 3.8) is 0 Å². The van der Waals surface area contributed by atoms with Crippen LogP contribution in [0, 0.1) is 11.3 Å². The summed E-state index contributed by atoms with van der Waals surface area (Å²) >= 11 is 0. The summed E-state index contributed by atoms with van der Waals surface area (Å²) in [6.45, 7) is 4.27. The van der Waals surface area contributed by atoms with Gasteiger partial charge in [0.25, 0.3) is 0 Å². The molecule has 0 spiro atoms. The minimum absolute atomic E-state index is 0.321. The molecule has 0 saturated heterocycles. The Hall–Kier alpha value is -2.35. The molecule has 94 valence electrons. The minimum Gasteiger partial charge on any atom is -0.463 e. The molecule has 0 aromatic carbocycles. The highest BCUT2D eigenvalue weighted by atomic mass is 16.5. The van der Waals surface area contributed by atoms with E-state index in [0.29, 0.717) is 30.1 Å². The molecule has 18 heavy (non-hydrogen) atoms.